The Morgan fingerprint density at radius 3 is 2.35 bits per heavy atom. The summed E-state index contributed by atoms with van der Waals surface area (Å²) in [4.78, 5) is 15.4. The van der Waals surface area contributed by atoms with Gasteiger partial charge in [0.1, 0.15) is 5.75 Å². The number of ketones is 1. The van der Waals surface area contributed by atoms with Gasteiger partial charge in [-0.25, -0.2) is 4.99 Å². The van der Waals surface area contributed by atoms with Crippen LogP contribution in [0.2, 0.25) is 0 Å². The van der Waals surface area contributed by atoms with Gasteiger partial charge in [-0.1, -0.05) is 0 Å². The van der Waals surface area contributed by atoms with Crippen LogP contribution >= 0.6 is 0 Å². The summed E-state index contributed by atoms with van der Waals surface area (Å²) in [6.45, 7) is 1.85. The molecule has 1 aromatic rings. The number of phenols is 1. The quantitative estimate of drug-likeness (QED) is 0.530. The van der Waals surface area contributed by atoms with E-state index >= 15 is 0 Å². The van der Waals surface area contributed by atoms with Crippen molar-refractivity contribution in [2.45, 2.75) is 6.92 Å². The summed E-state index contributed by atoms with van der Waals surface area (Å²) in [5.74, 6) is 0.202. The summed E-state index contributed by atoms with van der Waals surface area (Å²) >= 11 is 0. The van der Waals surface area contributed by atoms with Crippen LogP contribution in [0.3, 0.4) is 0 Å². The van der Waals surface area contributed by atoms with Gasteiger partial charge in [0.15, 0.2) is 5.78 Å². The monoisotopic (exact) mass is 236 g/mol. The smallest absolute Gasteiger partial charge is 0.508 e. The Balaban J connectivity index is 0.00000144. The van der Waals surface area contributed by atoms with Crippen molar-refractivity contribution in [3.63, 3.8) is 0 Å². The van der Waals surface area contributed by atoms with Crippen LogP contribution < -0.4 is 29.6 Å². The summed E-state index contributed by atoms with van der Waals surface area (Å²) in [5, 5.41) is 9.13. The summed E-state index contributed by atoms with van der Waals surface area (Å²) in [5.41, 5.74) is 2.37. The first kappa shape index (κ1) is 13.9. The molecular weight excluding hydrogens is 225 g/mol. The van der Waals surface area contributed by atoms with Crippen LogP contribution in [-0.4, -0.2) is 16.6 Å². The molecule has 0 fully saturated rings. The van der Waals surface area contributed by atoms with Crippen molar-refractivity contribution in [2.24, 2.45) is 4.99 Å². The molecular formula is C13H11NNaO2+. The molecule has 0 aliphatic heterocycles. The fraction of sp³-hybridized carbons (Fsp3) is 0.0769. The minimum Gasteiger partial charge on any atom is -0.508 e. The van der Waals surface area contributed by atoms with E-state index in [4.69, 9.17) is 5.11 Å². The van der Waals surface area contributed by atoms with Crippen molar-refractivity contribution in [1.29, 1.82) is 0 Å². The number of carbonyl (C=O) groups excluding carboxylic acids is 1. The first-order chi connectivity index (χ1) is 7.65. The van der Waals surface area contributed by atoms with Gasteiger partial charge in [-0.05, 0) is 55.0 Å². The maximum atomic E-state index is 11.1. The predicted molar refractivity (Wildman–Crippen MR) is 63.1 cm³/mol. The molecule has 4 heteroatoms. The van der Waals surface area contributed by atoms with Gasteiger partial charge in [0.25, 0.3) is 0 Å². The molecule has 0 atom stereocenters. The Hall–Kier alpha value is -1.16. The minimum absolute atomic E-state index is 0. The molecule has 0 bridgehead atoms. The number of benzene rings is 1. The van der Waals surface area contributed by atoms with E-state index < -0.39 is 0 Å². The van der Waals surface area contributed by atoms with Crippen LogP contribution in [-0.2, 0) is 4.79 Å². The number of carbonyl (C=O) groups is 1. The van der Waals surface area contributed by atoms with Gasteiger partial charge in [-0.2, -0.15) is 0 Å². The molecule has 1 N–H and O–H groups in total. The van der Waals surface area contributed by atoms with Gasteiger partial charge in [-0.15, -0.1) is 0 Å². The summed E-state index contributed by atoms with van der Waals surface area (Å²) in [6.07, 6.45) is 4.75. The third-order valence-corrected chi connectivity index (χ3v) is 2.27. The SMILES string of the molecule is CC1=CC(=O)C=CC1=Nc1ccc(O)cc1.[Na+]. The van der Waals surface area contributed by atoms with E-state index in [0.29, 0.717) is 0 Å². The Kier molecular flexibility index (Phi) is 4.87. The Labute approximate surface area is 122 Å². The Bertz CT molecular complexity index is 513. The number of phenolic OH excluding ortho intramolecular Hbond substituents is 1. The molecule has 0 heterocycles. The van der Waals surface area contributed by atoms with E-state index in [1.165, 1.54) is 6.08 Å². The third-order valence-electron chi connectivity index (χ3n) is 2.27. The zero-order valence-electron chi connectivity index (χ0n) is 9.84. The number of nitrogens with zero attached hydrogens (tertiary/aromatic N) is 1. The molecule has 3 nitrogen and oxygen atoms in total. The standard InChI is InChI=1S/C13H11NO2.Na/c1-9-8-12(16)6-7-13(9)14-10-2-4-11(15)5-3-10;/h2-8,15H,1H3;/q;+1. The van der Waals surface area contributed by atoms with Gasteiger partial charge >= 0.3 is 29.6 Å². The second kappa shape index (κ2) is 5.96. The van der Waals surface area contributed by atoms with E-state index in [0.717, 1.165) is 17.0 Å². The number of hydrogen-bond donors (Lipinski definition) is 1. The molecule has 1 aromatic carbocycles. The molecule has 0 radical (unpaired) electrons. The predicted octanol–water partition coefficient (Wildman–Crippen LogP) is -0.446. The molecule has 0 saturated carbocycles. The topological polar surface area (TPSA) is 49.7 Å². The van der Waals surface area contributed by atoms with Crippen molar-refractivity contribution >= 4 is 17.2 Å². The van der Waals surface area contributed by atoms with Gasteiger partial charge in [0, 0.05) is 0 Å². The van der Waals surface area contributed by atoms with Crippen LogP contribution in [0.4, 0.5) is 5.69 Å². The molecule has 0 amide bonds. The van der Waals surface area contributed by atoms with Gasteiger partial charge < -0.3 is 5.11 Å². The van der Waals surface area contributed by atoms with Gasteiger partial charge in [0.05, 0.1) is 11.4 Å². The van der Waals surface area contributed by atoms with Crippen LogP contribution in [0.25, 0.3) is 0 Å². The van der Waals surface area contributed by atoms with Gasteiger partial charge in [-0.3, -0.25) is 4.79 Å². The average Bonchev–Trinajstić information content (AvgIpc) is 2.25. The number of hydrogen-bond acceptors (Lipinski definition) is 3. The Morgan fingerprint density at radius 1 is 1.12 bits per heavy atom. The second-order valence-corrected chi connectivity index (χ2v) is 3.58. The van der Waals surface area contributed by atoms with Crippen molar-refractivity contribution in [3.8, 4) is 5.75 Å². The summed E-state index contributed by atoms with van der Waals surface area (Å²) in [6, 6.07) is 6.60. The average molecular weight is 236 g/mol. The molecule has 2 rings (SSSR count). The first-order valence-electron chi connectivity index (χ1n) is 4.93. The maximum absolute atomic E-state index is 11.1. The Morgan fingerprint density at radius 2 is 1.76 bits per heavy atom. The molecule has 1 aliphatic rings. The molecule has 0 saturated heterocycles. The fourth-order valence-electron chi connectivity index (χ4n) is 1.42. The number of aliphatic imine (C=N–C) groups is 1. The van der Waals surface area contributed by atoms with Crippen LogP contribution in [0.5, 0.6) is 5.75 Å². The zero-order valence-corrected chi connectivity index (χ0v) is 11.8. The largest absolute Gasteiger partial charge is 1.00 e. The van der Waals surface area contributed by atoms with E-state index in [-0.39, 0.29) is 41.1 Å². The molecule has 80 valence electrons. The van der Waals surface area contributed by atoms with Crippen molar-refractivity contribution in [3.05, 3.63) is 48.1 Å². The molecule has 0 spiro atoms. The van der Waals surface area contributed by atoms with E-state index in [2.05, 4.69) is 4.99 Å². The summed E-state index contributed by atoms with van der Waals surface area (Å²) < 4.78 is 0. The van der Waals surface area contributed by atoms with Crippen LogP contribution in [0, 0.1) is 0 Å². The zero-order chi connectivity index (χ0) is 11.5. The second-order valence-electron chi connectivity index (χ2n) is 3.58. The molecule has 0 aromatic heterocycles. The van der Waals surface area contributed by atoms with Crippen molar-refractivity contribution in [2.75, 3.05) is 0 Å². The minimum atomic E-state index is -0.0119. The van der Waals surface area contributed by atoms with Crippen molar-refractivity contribution < 1.29 is 39.5 Å². The van der Waals surface area contributed by atoms with Gasteiger partial charge in [0.2, 0.25) is 0 Å². The molecule has 0 unspecified atom stereocenters. The van der Waals surface area contributed by atoms with Crippen molar-refractivity contribution in [1.82, 2.24) is 0 Å². The molecule has 1 aliphatic carbocycles. The number of aromatic hydroxyl groups is 1. The first-order valence-corrected chi connectivity index (χ1v) is 4.93. The van der Waals surface area contributed by atoms with E-state index in [1.54, 1.807) is 36.4 Å². The third kappa shape index (κ3) is 3.66. The number of allylic oxidation sites excluding steroid dienone is 4. The summed E-state index contributed by atoms with van der Waals surface area (Å²) in [7, 11) is 0. The maximum Gasteiger partial charge on any atom is 1.00 e. The van der Waals surface area contributed by atoms with Crippen LogP contribution in [0.1, 0.15) is 6.92 Å². The van der Waals surface area contributed by atoms with E-state index in [1.807, 2.05) is 6.92 Å². The fourth-order valence-corrected chi connectivity index (χ4v) is 1.42. The normalized spacial score (nSPS) is 16.6. The van der Waals surface area contributed by atoms with Crippen LogP contribution in [0.15, 0.2) is 53.1 Å². The van der Waals surface area contributed by atoms with E-state index in [9.17, 15) is 4.79 Å². The number of rotatable bonds is 1. The molecule has 17 heavy (non-hydrogen) atoms.